The molecule has 0 saturated heterocycles. The monoisotopic (exact) mass is 267 g/mol. The summed E-state index contributed by atoms with van der Waals surface area (Å²) in [6, 6.07) is 14.2. The highest BCUT2D eigenvalue weighted by atomic mass is 16.4. The molecule has 0 bridgehead atoms. The fourth-order valence-electron chi connectivity index (χ4n) is 2.30. The molecule has 3 rings (SSSR count). The van der Waals surface area contributed by atoms with E-state index in [0.717, 1.165) is 16.3 Å². The van der Waals surface area contributed by atoms with Crippen LogP contribution >= 0.6 is 0 Å². The van der Waals surface area contributed by atoms with Crippen molar-refractivity contribution in [2.75, 3.05) is 0 Å². The minimum atomic E-state index is -0.883. The van der Waals surface area contributed by atoms with Crippen molar-refractivity contribution in [3.8, 4) is 0 Å². The molecule has 0 unspecified atom stereocenters. The molecule has 20 heavy (non-hydrogen) atoms. The third-order valence-corrected chi connectivity index (χ3v) is 3.23. The standard InChI is InChI=1S/C15H13N3O2/c19-15(20)8-13-9-16-17-18(13)10-12-6-3-5-11-4-1-2-7-14(11)12/h1-7,9H,8,10H2,(H,19,20). The van der Waals surface area contributed by atoms with Crippen molar-refractivity contribution >= 4 is 16.7 Å². The van der Waals surface area contributed by atoms with Crippen molar-refractivity contribution in [2.24, 2.45) is 0 Å². The Balaban J connectivity index is 1.98. The average molecular weight is 267 g/mol. The quantitative estimate of drug-likeness (QED) is 0.786. The lowest BCUT2D eigenvalue weighted by atomic mass is 10.0. The number of benzene rings is 2. The molecule has 0 atom stereocenters. The SMILES string of the molecule is O=C(O)Cc1cnnn1Cc1cccc2ccccc12. The molecule has 0 radical (unpaired) electrons. The minimum absolute atomic E-state index is 0.0717. The number of hydrogen-bond acceptors (Lipinski definition) is 3. The Morgan fingerprint density at radius 2 is 1.95 bits per heavy atom. The first-order valence-electron chi connectivity index (χ1n) is 6.30. The normalized spacial score (nSPS) is 10.8. The van der Waals surface area contributed by atoms with E-state index in [0.29, 0.717) is 12.2 Å². The topological polar surface area (TPSA) is 68.0 Å². The third-order valence-electron chi connectivity index (χ3n) is 3.23. The number of aliphatic carboxylic acids is 1. The Labute approximate surface area is 115 Å². The van der Waals surface area contributed by atoms with Gasteiger partial charge in [0.15, 0.2) is 0 Å². The zero-order valence-corrected chi connectivity index (χ0v) is 10.7. The van der Waals surface area contributed by atoms with E-state index in [1.807, 2.05) is 24.3 Å². The lowest BCUT2D eigenvalue weighted by Crippen LogP contribution is -2.10. The van der Waals surface area contributed by atoms with Crippen LogP contribution in [0.5, 0.6) is 0 Å². The van der Waals surface area contributed by atoms with Gasteiger partial charge in [0.05, 0.1) is 24.9 Å². The van der Waals surface area contributed by atoms with Crippen molar-refractivity contribution in [1.82, 2.24) is 15.0 Å². The van der Waals surface area contributed by atoms with Crippen molar-refractivity contribution < 1.29 is 9.90 Å². The van der Waals surface area contributed by atoms with E-state index in [-0.39, 0.29) is 6.42 Å². The smallest absolute Gasteiger partial charge is 0.309 e. The van der Waals surface area contributed by atoms with E-state index in [1.165, 1.54) is 6.20 Å². The predicted octanol–water partition coefficient (Wildman–Crippen LogP) is 2.11. The molecule has 100 valence electrons. The lowest BCUT2D eigenvalue weighted by molar-refractivity contribution is -0.136. The second-order valence-electron chi connectivity index (χ2n) is 4.59. The number of rotatable bonds is 4. The van der Waals surface area contributed by atoms with Gasteiger partial charge < -0.3 is 5.11 Å². The lowest BCUT2D eigenvalue weighted by Gasteiger charge is -2.08. The average Bonchev–Trinajstić information content (AvgIpc) is 2.86. The van der Waals surface area contributed by atoms with E-state index in [9.17, 15) is 4.79 Å². The largest absolute Gasteiger partial charge is 0.481 e. The maximum absolute atomic E-state index is 10.8. The molecule has 0 spiro atoms. The molecule has 0 aliphatic rings. The van der Waals surface area contributed by atoms with Gasteiger partial charge in [-0.05, 0) is 16.3 Å². The Morgan fingerprint density at radius 1 is 1.15 bits per heavy atom. The number of aromatic nitrogens is 3. The van der Waals surface area contributed by atoms with Crippen molar-refractivity contribution in [1.29, 1.82) is 0 Å². The highest BCUT2D eigenvalue weighted by Crippen LogP contribution is 2.19. The molecule has 5 heteroatoms. The van der Waals surface area contributed by atoms with Gasteiger partial charge in [0, 0.05) is 0 Å². The first-order chi connectivity index (χ1) is 9.74. The summed E-state index contributed by atoms with van der Waals surface area (Å²) in [7, 11) is 0. The summed E-state index contributed by atoms with van der Waals surface area (Å²) in [6.45, 7) is 0.518. The van der Waals surface area contributed by atoms with Gasteiger partial charge in [0.1, 0.15) is 0 Å². The molecular formula is C15H13N3O2. The number of fused-ring (bicyclic) bond motifs is 1. The maximum Gasteiger partial charge on any atom is 0.309 e. The van der Waals surface area contributed by atoms with E-state index >= 15 is 0 Å². The number of carbonyl (C=O) groups is 1. The van der Waals surface area contributed by atoms with Gasteiger partial charge in [0.2, 0.25) is 0 Å². The summed E-state index contributed by atoms with van der Waals surface area (Å²) in [4.78, 5) is 10.8. The van der Waals surface area contributed by atoms with E-state index < -0.39 is 5.97 Å². The molecular weight excluding hydrogens is 254 g/mol. The van der Waals surface area contributed by atoms with Crippen LogP contribution in [0, 0.1) is 0 Å². The van der Waals surface area contributed by atoms with Crippen LogP contribution < -0.4 is 0 Å². The summed E-state index contributed by atoms with van der Waals surface area (Å²) in [6.07, 6.45) is 1.43. The molecule has 5 nitrogen and oxygen atoms in total. The maximum atomic E-state index is 10.8. The van der Waals surface area contributed by atoms with E-state index in [4.69, 9.17) is 5.11 Å². The van der Waals surface area contributed by atoms with Crippen LogP contribution in [-0.2, 0) is 17.8 Å². The second kappa shape index (κ2) is 5.13. The summed E-state index contributed by atoms with van der Waals surface area (Å²) >= 11 is 0. The Hall–Kier alpha value is -2.69. The van der Waals surface area contributed by atoms with Gasteiger partial charge in [-0.2, -0.15) is 0 Å². The first-order valence-corrected chi connectivity index (χ1v) is 6.30. The molecule has 0 amide bonds. The fourth-order valence-corrected chi connectivity index (χ4v) is 2.30. The molecule has 1 heterocycles. The molecule has 0 fully saturated rings. The van der Waals surface area contributed by atoms with E-state index in [1.54, 1.807) is 4.68 Å². The molecule has 3 aromatic rings. The second-order valence-corrected chi connectivity index (χ2v) is 4.59. The third kappa shape index (κ3) is 2.38. The Morgan fingerprint density at radius 3 is 2.80 bits per heavy atom. The van der Waals surface area contributed by atoms with Crippen LogP contribution in [-0.4, -0.2) is 26.1 Å². The first kappa shape index (κ1) is 12.3. The summed E-state index contributed by atoms with van der Waals surface area (Å²) in [5.41, 5.74) is 1.70. The summed E-state index contributed by atoms with van der Waals surface area (Å²) in [5, 5.41) is 19.0. The van der Waals surface area contributed by atoms with Crippen molar-refractivity contribution in [3.05, 3.63) is 59.9 Å². The number of carboxylic acid groups (broad SMARTS) is 1. The molecule has 0 aliphatic heterocycles. The Kier molecular flexibility index (Phi) is 3.16. The van der Waals surface area contributed by atoms with Crippen molar-refractivity contribution in [3.63, 3.8) is 0 Å². The van der Waals surface area contributed by atoms with Crippen LogP contribution in [0.2, 0.25) is 0 Å². The predicted molar refractivity (Wildman–Crippen MR) is 74.4 cm³/mol. The van der Waals surface area contributed by atoms with Gasteiger partial charge in [-0.3, -0.25) is 4.79 Å². The molecule has 1 aromatic heterocycles. The number of carboxylic acids is 1. The van der Waals surface area contributed by atoms with Gasteiger partial charge >= 0.3 is 5.97 Å². The van der Waals surface area contributed by atoms with E-state index in [2.05, 4.69) is 28.5 Å². The molecule has 1 N–H and O–H groups in total. The van der Waals surface area contributed by atoms with Crippen LogP contribution in [0.3, 0.4) is 0 Å². The van der Waals surface area contributed by atoms with Crippen LogP contribution in [0.15, 0.2) is 48.7 Å². The Bertz CT molecular complexity index is 759. The minimum Gasteiger partial charge on any atom is -0.481 e. The van der Waals surface area contributed by atoms with Gasteiger partial charge in [0.25, 0.3) is 0 Å². The highest BCUT2D eigenvalue weighted by molar-refractivity contribution is 5.85. The summed E-state index contributed by atoms with van der Waals surface area (Å²) in [5.74, 6) is -0.883. The highest BCUT2D eigenvalue weighted by Gasteiger charge is 2.10. The van der Waals surface area contributed by atoms with Crippen molar-refractivity contribution in [2.45, 2.75) is 13.0 Å². The number of hydrogen-bond donors (Lipinski definition) is 1. The van der Waals surface area contributed by atoms with Gasteiger partial charge in [-0.25, -0.2) is 4.68 Å². The van der Waals surface area contributed by atoms with Crippen LogP contribution in [0.1, 0.15) is 11.3 Å². The van der Waals surface area contributed by atoms with Gasteiger partial charge in [-0.1, -0.05) is 47.7 Å². The number of nitrogens with zero attached hydrogens (tertiary/aromatic N) is 3. The fraction of sp³-hybridized carbons (Fsp3) is 0.133. The molecule has 2 aromatic carbocycles. The van der Waals surface area contributed by atoms with Gasteiger partial charge in [-0.15, -0.1) is 5.10 Å². The summed E-state index contributed by atoms with van der Waals surface area (Å²) < 4.78 is 1.63. The molecule has 0 aliphatic carbocycles. The molecule has 0 saturated carbocycles. The zero-order chi connectivity index (χ0) is 13.9. The van der Waals surface area contributed by atoms with Crippen LogP contribution in [0.25, 0.3) is 10.8 Å². The zero-order valence-electron chi connectivity index (χ0n) is 10.7. The van der Waals surface area contributed by atoms with Crippen LogP contribution in [0.4, 0.5) is 0 Å².